The first-order valence-corrected chi connectivity index (χ1v) is 9.13. The summed E-state index contributed by atoms with van der Waals surface area (Å²) < 4.78 is 0. The third-order valence-electron chi connectivity index (χ3n) is 5.59. The first-order valence-electron chi connectivity index (χ1n) is 9.13. The van der Waals surface area contributed by atoms with Crippen molar-refractivity contribution in [1.29, 1.82) is 0 Å². The van der Waals surface area contributed by atoms with Gasteiger partial charge in [-0.1, -0.05) is 24.3 Å². The maximum atomic E-state index is 13.4. The van der Waals surface area contributed by atoms with E-state index < -0.39 is 0 Å². The van der Waals surface area contributed by atoms with Gasteiger partial charge in [0.15, 0.2) is 0 Å². The number of anilines is 3. The molecule has 1 amide bonds. The van der Waals surface area contributed by atoms with Gasteiger partial charge < -0.3 is 15.5 Å². The SMILES string of the molecule is CC(C(=O)N1c2ccccc2CC1C)N1CCCc2c(N)cccc21. The number of benzene rings is 2. The summed E-state index contributed by atoms with van der Waals surface area (Å²) in [5.74, 6) is 0.174. The zero-order valence-corrected chi connectivity index (χ0v) is 14.9. The average Bonchev–Trinajstić information content (AvgIpc) is 2.96. The van der Waals surface area contributed by atoms with Crippen LogP contribution in [0.3, 0.4) is 0 Å². The molecule has 0 saturated heterocycles. The number of fused-ring (bicyclic) bond motifs is 2. The van der Waals surface area contributed by atoms with Crippen LogP contribution in [0.2, 0.25) is 0 Å². The number of nitrogen functional groups attached to an aromatic ring is 1. The van der Waals surface area contributed by atoms with Gasteiger partial charge in [0.2, 0.25) is 5.91 Å². The molecule has 2 aliphatic heterocycles. The van der Waals surface area contributed by atoms with Crippen molar-refractivity contribution in [2.24, 2.45) is 0 Å². The average molecular weight is 335 g/mol. The molecule has 4 rings (SSSR count). The Morgan fingerprint density at radius 3 is 2.76 bits per heavy atom. The van der Waals surface area contributed by atoms with Crippen molar-refractivity contribution in [2.75, 3.05) is 22.1 Å². The predicted molar refractivity (Wildman–Crippen MR) is 103 cm³/mol. The lowest BCUT2D eigenvalue weighted by Crippen LogP contribution is -2.50. The molecule has 0 fully saturated rings. The quantitative estimate of drug-likeness (QED) is 0.856. The summed E-state index contributed by atoms with van der Waals surface area (Å²) in [6, 6.07) is 14.3. The Bertz CT molecular complexity index is 817. The number of para-hydroxylation sites is 1. The van der Waals surface area contributed by atoms with Crippen molar-refractivity contribution in [3.8, 4) is 0 Å². The van der Waals surface area contributed by atoms with Gasteiger partial charge in [-0.15, -0.1) is 0 Å². The van der Waals surface area contributed by atoms with Gasteiger partial charge in [0, 0.05) is 29.6 Å². The molecule has 25 heavy (non-hydrogen) atoms. The maximum Gasteiger partial charge on any atom is 0.249 e. The first kappa shape index (κ1) is 16.0. The molecule has 2 aromatic carbocycles. The normalized spacial score (nSPS) is 20.2. The van der Waals surface area contributed by atoms with Gasteiger partial charge in [-0.25, -0.2) is 0 Å². The third kappa shape index (κ3) is 2.56. The number of rotatable bonds is 2. The fraction of sp³-hybridized carbons (Fsp3) is 0.381. The van der Waals surface area contributed by atoms with E-state index in [1.54, 1.807) is 0 Å². The van der Waals surface area contributed by atoms with E-state index in [1.165, 1.54) is 11.1 Å². The summed E-state index contributed by atoms with van der Waals surface area (Å²) in [6.07, 6.45) is 2.95. The van der Waals surface area contributed by atoms with Crippen molar-refractivity contribution in [3.05, 3.63) is 53.6 Å². The minimum atomic E-state index is -0.200. The van der Waals surface area contributed by atoms with Crippen LogP contribution < -0.4 is 15.5 Å². The number of hydrogen-bond acceptors (Lipinski definition) is 3. The zero-order valence-electron chi connectivity index (χ0n) is 14.9. The molecular weight excluding hydrogens is 310 g/mol. The molecule has 2 atom stereocenters. The van der Waals surface area contributed by atoms with Gasteiger partial charge >= 0.3 is 0 Å². The number of carbonyl (C=O) groups excluding carboxylic acids is 1. The first-order chi connectivity index (χ1) is 12.1. The summed E-state index contributed by atoms with van der Waals surface area (Å²) >= 11 is 0. The number of nitrogens with zero attached hydrogens (tertiary/aromatic N) is 2. The van der Waals surface area contributed by atoms with Gasteiger partial charge in [-0.2, -0.15) is 0 Å². The summed E-state index contributed by atoms with van der Waals surface area (Å²) in [4.78, 5) is 17.6. The molecule has 2 aliphatic rings. The molecule has 4 nitrogen and oxygen atoms in total. The highest BCUT2D eigenvalue weighted by molar-refractivity contribution is 6.01. The lowest BCUT2D eigenvalue weighted by molar-refractivity contribution is -0.119. The van der Waals surface area contributed by atoms with Crippen molar-refractivity contribution in [3.63, 3.8) is 0 Å². The van der Waals surface area contributed by atoms with E-state index in [4.69, 9.17) is 5.73 Å². The molecule has 4 heteroatoms. The van der Waals surface area contributed by atoms with E-state index in [0.717, 1.165) is 42.9 Å². The van der Waals surface area contributed by atoms with Gasteiger partial charge in [0.05, 0.1) is 0 Å². The Kier molecular flexibility index (Phi) is 3.91. The number of carbonyl (C=O) groups is 1. The van der Waals surface area contributed by atoms with Gasteiger partial charge in [0.1, 0.15) is 6.04 Å². The van der Waals surface area contributed by atoms with Crippen LogP contribution in [0.4, 0.5) is 17.1 Å². The molecule has 0 spiro atoms. The third-order valence-corrected chi connectivity index (χ3v) is 5.59. The summed E-state index contributed by atoms with van der Waals surface area (Å²) in [7, 11) is 0. The second-order valence-electron chi connectivity index (χ2n) is 7.21. The van der Waals surface area contributed by atoms with E-state index in [2.05, 4.69) is 30.0 Å². The Hall–Kier alpha value is -2.49. The van der Waals surface area contributed by atoms with Crippen molar-refractivity contribution in [1.82, 2.24) is 0 Å². The highest BCUT2D eigenvalue weighted by atomic mass is 16.2. The second kappa shape index (κ2) is 6.10. The maximum absolute atomic E-state index is 13.4. The minimum Gasteiger partial charge on any atom is -0.398 e. The monoisotopic (exact) mass is 335 g/mol. The van der Waals surface area contributed by atoms with Crippen molar-refractivity contribution in [2.45, 2.75) is 45.2 Å². The Balaban J connectivity index is 1.66. The minimum absolute atomic E-state index is 0.174. The second-order valence-corrected chi connectivity index (χ2v) is 7.21. The van der Waals surface area contributed by atoms with E-state index >= 15 is 0 Å². The Morgan fingerprint density at radius 2 is 1.92 bits per heavy atom. The summed E-state index contributed by atoms with van der Waals surface area (Å²) in [5.41, 5.74) is 11.6. The highest BCUT2D eigenvalue weighted by Gasteiger charge is 2.36. The lowest BCUT2D eigenvalue weighted by atomic mass is 9.98. The number of nitrogens with two attached hydrogens (primary N) is 1. The van der Waals surface area contributed by atoms with Crippen LogP contribution in [0.25, 0.3) is 0 Å². The van der Waals surface area contributed by atoms with Crippen molar-refractivity contribution < 1.29 is 4.79 Å². The predicted octanol–water partition coefficient (Wildman–Crippen LogP) is 3.39. The molecule has 0 bridgehead atoms. The lowest BCUT2D eigenvalue weighted by Gasteiger charge is -2.38. The van der Waals surface area contributed by atoms with E-state index in [9.17, 15) is 4.79 Å². The molecule has 2 heterocycles. The van der Waals surface area contributed by atoms with Crippen LogP contribution >= 0.6 is 0 Å². The fourth-order valence-corrected chi connectivity index (χ4v) is 4.32. The van der Waals surface area contributed by atoms with Gasteiger partial charge in [-0.05, 0) is 62.4 Å². The number of hydrogen-bond donors (Lipinski definition) is 1. The molecule has 0 aromatic heterocycles. The molecule has 0 radical (unpaired) electrons. The van der Waals surface area contributed by atoms with Gasteiger partial charge in [-0.3, -0.25) is 4.79 Å². The van der Waals surface area contributed by atoms with Gasteiger partial charge in [0.25, 0.3) is 0 Å². The van der Waals surface area contributed by atoms with E-state index in [-0.39, 0.29) is 18.0 Å². The molecule has 0 saturated carbocycles. The van der Waals surface area contributed by atoms with Crippen LogP contribution in [0.5, 0.6) is 0 Å². The standard InChI is InChI=1S/C21H25N3O/c1-14-13-16-7-3-4-10-19(16)24(14)21(25)15(2)23-12-6-8-17-18(22)9-5-11-20(17)23/h3-5,7,9-11,14-15H,6,8,12-13,22H2,1-2H3. The van der Waals surface area contributed by atoms with Crippen LogP contribution in [-0.4, -0.2) is 24.5 Å². The molecule has 2 unspecified atom stereocenters. The summed E-state index contributed by atoms with van der Waals surface area (Å²) in [5, 5.41) is 0. The zero-order chi connectivity index (χ0) is 17.6. The van der Waals surface area contributed by atoms with Crippen LogP contribution in [0, 0.1) is 0 Å². The van der Waals surface area contributed by atoms with Crippen LogP contribution in [0.15, 0.2) is 42.5 Å². The molecule has 2 aromatic rings. The molecule has 130 valence electrons. The Morgan fingerprint density at radius 1 is 1.16 bits per heavy atom. The van der Waals surface area contributed by atoms with Crippen LogP contribution in [0.1, 0.15) is 31.4 Å². The number of amides is 1. The smallest absolute Gasteiger partial charge is 0.249 e. The van der Waals surface area contributed by atoms with Crippen LogP contribution in [-0.2, 0) is 17.6 Å². The summed E-state index contributed by atoms with van der Waals surface area (Å²) in [6.45, 7) is 5.05. The molecule has 0 aliphatic carbocycles. The fourth-order valence-electron chi connectivity index (χ4n) is 4.32. The van der Waals surface area contributed by atoms with E-state index in [0.29, 0.717) is 0 Å². The molecular formula is C21H25N3O. The van der Waals surface area contributed by atoms with Crippen molar-refractivity contribution >= 4 is 23.0 Å². The Labute approximate surface area is 149 Å². The van der Waals surface area contributed by atoms with E-state index in [1.807, 2.05) is 36.1 Å². The highest BCUT2D eigenvalue weighted by Crippen LogP contribution is 2.36. The topological polar surface area (TPSA) is 49.6 Å². The largest absolute Gasteiger partial charge is 0.398 e. The molecule has 2 N–H and O–H groups in total.